The molecule has 1 amide bonds. The number of carboxylic acids is 1. The number of benzene rings is 3. The van der Waals surface area contributed by atoms with Crippen molar-refractivity contribution >= 4 is 35.1 Å². The quantitative estimate of drug-likeness (QED) is 0.454. The SMILES string of the molecule is O=C(CSc1cccc(NC(=O)c2ccccc2C(=O)O)c1)c1ccccc1. The number of Topliss-reactive ketones (excluding diaryl/α,β-unsaturated/α-hetero) is 1. The second kappa shape index (κ2) is 9.01. The lowest BCUT2D eigenvalue weighted by Crippen LogP contribution is -2.16. The van der Waals surface area contributed by atoms with Crippen LogP contribution in [0.1, 0.15) is 31.1 Å². The van der Waals surface area contributed by atoms with Gasteiger partial charge in [0.15, 0.2) is 5.78 Å². The normalized spacial score (nSPS) is 10.3. The molecule has 140 valence electrons. The van der Waals surface area contributed by atoms with E-state index in [4.69, 9.17) is 0 Å². The third kappa shape index (κ3) is 4.86. The van der Waals surface area contributed by atoms with E-state index in [1.54, 1.807) is 42.5 Å². The van der Waals surface area contributed by atoms with Gasteiger partial charge in [-0.2, -0.15) is 0 Å². The predicted octanol–water partition coefficient (Wildman–Crippen LogP) is 4.61. The van der Waals surface area contributed by atoms with Gasteiger partial charge in [-0.25, -0.2) is 4.79 Å². The van der Waals surface area contributed by atoms with Crippen molar-refractivity contribution in [2.45, 2.75) is 4.90 Å². The summed E-state index contributed by atoms with van der Waals surface area (Å²) in [5.74, 6) is -1.35. The van der Waals surface area contributed by atoms with Gasteiger partial charge in [0.25, 0.3) is 5.91 Å². The number of carbonyl (C=O) groups is 3. The molecular weight excluding hydrogens is 374 g/mol. The summed E-state index contributed by atoms with van der Waals surface area (Å²) in [4.78, 5) is 36.8. The van der Waals surface area contributed by atoms with Crippen molar-refractivity contribution in [1.29, 1.82) is 0 Å². The Labute approximate surface area is 166 Å². The first-order chi connectivity index (χ1) is 13.5. The van der Waals surface area contributed by atoms with Gasteiger partial charge in [-0.1, -0.05) is 48.5 Å². The van der Waals surface area contributed by atoms with Crippen LogP contribution in [-0.2, 0) is 0 Å². The fourth-order valence-electron chi connectivity index (χ4n) is 2.59. The minimum atomic E-state index is -1.16. The largest absolute Gasteiger partial charge is 0.478 e. The molecule has 0 aliphatic heterocycles. The number of aromatic carboxylic acids is 1. The second-order valence-electron chi connectivity index (χ2n) is 5.91. The standard InChI is InChI=1S/C22H17NO4S/c24-20(15-7-2-1-3-8-15)14-28-17-10-6-9-16(13-17)23-21(25)18-11-4-5-12-19(18)22(26)27/h1-13H,14H2,(H,23,25)(H,26,27). The number of nitrogens with one attached hydrogen (secondary N) is 1. The van der Waals surface area contributed by atoms with Crippen LogP contribution < -0.4 is 5.32 Å². The van der Waals surface area contributed by atoms with Crippen LogP contribution in [0.15, 0.2) is 83.8 Å². The highest BCUT2D eigenvalue weighted by atomic mass is 32.2. The minimum Gasteiger partial charge on any atom is -0.478 e. The molecule has 0 radical (unpaired) electrons. The lowest BCUT2D eigenvalue weighted by molar-refractivity contribution is 0.0692. The molecular formula is C22H17NO4S. The molecule has 0 fully saturated rings. The third-order valence-electron chi connectivity index (χ3n) is 3.96. The van der Waals surface area contributed by atoms with Crippen molar-refractivity contribution < 1.29 is 19.5 Å². The first kappa shape index (κ1) is 19.4. The first-order valence-corrected chi connectivity index (χ1v) is 9.48. The molecule has 3 rings (SSSR count). The summed E-state index contributed by atoms with van der Waals surface area (Å²) in [6, 6.07) is 22.2. The maximum atomic E-state index is 12.5. The summed E-state index contributed by atoms with van der Waals surface area (Å²) in [6.45, 7) is 0. The Bertz CT molecular complexity index is 1020. The van der Waals surface area contributed by atoms with Crippen LogP contribution in [-0.4, -0.2) is 28.5 Å². The molecule has 0 saturated heterocycles. The van der Waals surface area contributed by atoms with E-state index in [2.05, 4.69) is 5.32 Å². The molecule has 3 aromatic rings. The van der Waals surface area contributed by atoms with Crippen LogP contribution in [0, 0.1) is 0 Å². The number of carbonyl (C=O) groups excluding carboxylic acids is 2. The monoisotopic (exact) mass is 391 g/mol. The van der Waals surface area contributed by atoms with E-state index in [0.717, 1.165) is 4.90 Å². The van der Waals surface area contributed by atoms with Crippen LogP contribution in [0.5, 0.6) is 0 Å². The van der Waals surface area contributed by atoms with Crippen molar-refractivity contribution in [3.8, 4) is 0 Å². The van der Waals surface area contributed by atoms with Gasteiger partial charge in [0, 0.05) is 16.1 Å². The summed E-state index contributed by atoms with van der Waals surface area (Å²) in [5, 5.41) is 11.9. The number of amides is 1. The van der Waals surface area contributed by atoms with Gasteiger partial charge in [-0.05, 0) is 30.3 Å². The Kier molecular flexibility index (Phi) is 6.24. The number of rotatable bonds is 7. The maximum Gasteiger partial charge on any atom is 0.336 e. The second-order valence-corrected chi connectivity index (χ2v) is 6.96. The smallest absolute Gasteiger partial charge is 0.336 e. The first-order valence-electron chi connectivity index (χ1n) is 8.49. The number of hydrogen-bond acceptors (Lipinski definition) is 4. The summed E-state index contributed by atoms with van der Waals surface area (Å²) >= 11 is 1.37. The summed E-state index contributed by atoms with van der Waals surface area (Å²) in [7, 11) is 0. The maximum absolute atomic E-state index is 12.5. The van der Waals surface area contributed by atoms with Crippen LogP contribution in [0.4, 0.5) is 5.69 Å². The molecule has 3 aromatic carbocycles. The zero-order chi connectivity index (χ0) is 19.9. The van der Waals surface area contributed by atoms with E-state index in [1.807, 2.05) is 24.3 Å². The van der Waals surface area contributed by atoms with E-state index < -0.39 is 11.9 Å². The van der Waals surface area contributed by atoms with Gasteiger partial charge in [0.2, 0.25) is 0 Å². The zero-order valence-electron chi connectivity index (χ0n) is 14.8. The van der Waals surface area contributed by atoms with Crippen LogP contribution >= 0.6 is 11.8 Å². The average molecular weight is 391 g/mol. The van der Waals surface area contributed by atoms with Gasteiger partial charge in [-0.3, -0.25) is 9.59 Å². The molecule has 0 aliphatic rings. The molecule has 0 heterocycles. The molecule has 0 bridgehead atoms. The molecule has 0 aliphatic carbocycles. The van der Waals surface area contributed by atoms with E-state index in [1.165, 1.54) is 23.9 Å². The van der Waals surface area contributed by atoms with Crippen LogP contribution in [0.3, 0.4) is 0 Å². The van der Waals surface area contributed by atoms with E-state index >= 15 is 0 Å². The number of anilines is 1. The van der Waals surface area contributed by atoms with Crippen molar-refractivity contribution in [2.75, 3.05) is 11.1 Å². The Morgan fingerprint density at radius 2 is 1.50 bits per heavy atom. The fraction of sp³-hybridized carbons (Fsp3) is 0.0455. The molecule has 2 N–H and O–H groups in total. The van der Waals surface area contributed by atoms with Gasteiger partial charge < -0.3 is 10.4 Å². The highest BCUT2D eigenvalue weighted by Crippen LogP contribution is 2.23. The number of hydrogen-bond donors (Lipinski definition) is 2. The molecule has 0 saturated carbocycles. The summed E-state index contributed by atoms with van der Waals surface area (Å²) in [6.07, 6.45) is 0. The molecule has 0 atom stereocenters. The fourth-order valence-corrected chi connectivity index (χ4v) is 3.44. The van der Waals surface area contributed by atoms with Crippen molar-refractivity contribution in [3.63, 3.8) is 0 Å². The van der Waals surface area contributed by atoms with E-state index in [0.29, 0.717) is 11.3 Å². The van der Waals surface area contributed by atoms with Crippen LogP contribution in [0.25, 0.3) is 0 Å². The Hall–Kier alpha value is -3.38. The van der Waals surface area contributed by atoms with Gasteiger partial charge in [0.05, 0.1) is 16.9 Å². The van der Waals surface area contributed by atoms with E-state index in [9.17, 15) is 19.5 Å². The molecule has 0 aromatic heterocycles. The minimum absolute atomic E-state index is 0.0235. The topological polar surface area (TPSA) is 83.5 Å². The highest BCUT2D eigenvalue weighted by molar-refractivity contribution is 8.00. The van der Waals surface area contributed by atoms with Crippen LogP contribution in [0.2, 0.25) is 0 Å². The molecule has 0 spiro atoms. The third-order valence-corrected chi connectivity index (χ3v) is 4.95. The Balaban J connectivity index is 1.67. The number of ketones is 1. The van der Waals surface area contributed by atoms with Crippen molar-refractivity contribution in [1.82, 2.24) is 0 Å². The van der Waals surface area contributed by atoms with Gasteiger partial charge in [0.1, 0.15) is 0 Å². The van der Waals surface area contributed by atoms with E-state index in [-0.39, 0.29) is 22.7 Å². The zero-order valence-corrected chi connectivity index (χ0v) is 15.6. The van der Waals surface area contributed by atoms with Gasteiger partial charge in [-0.15, -0.1) is 11.8 Å². The van der Waals surface area contributed by atoms with Gasteiger partial charge >= 0.3 is 5.97 Å². The molecule has 28 heavy (non-hydrogen) atoms. The molecule has 6 heteroatoms. The Morgan fingerprint density at radius 3 is 2.21 bits per heavy atom. The lowest BCUT2D eigenvalue weighted by Gasteiger charge is -2.09. The number of carboxylic acid groups (broad SMARTS) is 1. The molecule has 5 nitrogen and oxygen atoms in total. The van der Waals surface area contributed by atoms with Crippen molar-refractivity contribution in [3.05, 3.63) is 95.6 Å². The summed E-state index contributed by atoms with van der Waals surface area (Å²) < 4.78 is 0. The summed E-state index contributed by atoms with van der Waals surface area (Å²) in [5.41, 5.74) is 1.22. The lowest BCUT2D eigenvalue weighted by atomic mass is 10.1. The highest BCUT2D eigenvalue weighted by Gasteiger charge is 2.16. The molecule has 0 unspecified atom stereocenters. The average Bonchev–Trinajstić information content (AvgIpc) is 2.73. The predicted molar refractivity (Wildman–Crippen MR) is 109 cm³/mol. The Morgan fingerprint density at radius 1 is 0.821 bits per heavy atom. The van der Waals surface area contributed by atoms with Crippen molar-refractivity contribution in [2.24, 2.45) is 0 Å². The number of thioether (sulfide) groups is 1.